The third kappa shape index (κ3) is 2.82. The number of hydrogen-bond donors (Lipinski definition) is 1. The van der Waals surface area contributed by atoms with E-state index in [0.717, 1.165) is 24.7 Å². The van der Waals surface area contributed by atoms with Gasteiger partial charge in [-0.15, -0.1) is 0 Å². The fourth-order valence-electron chi connectivity index (χ4n) is 2.08. The van der Waals surface area contributed by atoms with Gasteiger partial charge in [-0.25, -0.2) is 0 Å². The number of aliphatic hydroxyl groups excluding tert-OH is 1. The Hall–Kier alpha value is -0.0400. The maximum atomic E-state index is 8.64. The Labute approximate surface area is 69.8 Å². The first-order valence-electron chi connectivity index (χ1n) is 4.77. The summed E-state index contributed by atoms with van der Waals surface area (Å²) in [4.78, 5) is 0. The van der Waals surface area contributed by atoms with Crippen molar-refractivity contribution < 1.29 is 5.11 Å². The van der Waals surface area contributed by atoms with Gasteiger partial charge in [0.2, 0.25) is 0 Å². The summed E-state index contributed by atoms with van der Waals surface area (Å²) in [5.41, 5.74) is 0. The SMILES string of the molecule is [CH2]CC1CCC(CCCO)C1. The van der Waals surface area contributed by atoms with E-state index in [0.29, 0.717) is 6.61 Å². The molecule has 0 heterocycles. The number of hydrogen-bond acceptors (Lipinski definition) is 1. The molecule has 1 radical (unpaired) electrons. The Morgan fingerprint density at radius 2 is 2.00 bits per heavy atom. The molecule has 0 aromatic carbocycles. The van der Waals surface area contributed by atoms with Crippen molar-refractivity contribution in [3.8, 4) is 0 Å². The van der Waals surface area contributed by atoms with Crippen molar-refractivity contribution in [2.75, 3.05) is 6.61 Å². The van der Waals surface area contributed by atoms with E-state index in [1.54, 1.807) is 0 Å². The van der Waals surface area contributed by atoms with Crippen molar-refractivity contribution in [2.45, 2.75) is 38.5 Å². The van der Waals surface area contributed by atoms with Crippen LogP contribution in [0.15, 0.2) is 0 Å². The van der Waals surface area contributed by atoms with Crippen molar-refractivity contribution in [2.24, 2.45) is 11.8 Å². The topological polar surface area (TPSA) is 20.2 Å². The van der Waals surface area contributed by atoms with Gasteiger partial charge in [-0.05, 0) is 31.1 Å². The molecule has 0 aliphatic heterocycles. The van der Waals surface area contributed by atoms with Crippen LogP contribution in [0.3, 0.4) is 0 Å². The molecule has 1 heteroatoms. The fraction of sp³-hybridized carbons (Fsp3) is 0.900. The van der Waals surface area contributed by atoms with Crippen LogP contribution < -0.4 is 0 Å². The first-order chi connectivity index (χ1) is 5.36. The predicted octanol–water partition coefficient (Wildman–Crippen LogP) is 2.40. The fourth-order valence-corrected chi connectivity index (χ4v) is 2.08. The second-order valence-electron chi connectivity index (χ2n) is 3.70. The molecule has 65 valence electrons. The van der Waals surface area contributed by atoms with E-state index in [1.165, 1.54) is 25.7 Å². The second kappa shape index (κ2) is 4.76. The van der Waals surface area contributed by atoms with Gasteiger partial charge in [0.1, 0.15) is 0 Å². The molecule has 1 N–H and O–H groups in total. The van der Waals surface area contributed by atoms with E-state index in [4.69, 9.17) is 5.11 Å². The molecule has 1 aliphatic carbocycles. The van der Waals surface area contributed by atoms with Gasteiger partial charge in [0, 0.05) is 6.61 Å². The van der Waals surface area contributed by atoms with E-state index < -0.39 is 0 Å². The third-order valence-corrected chi connectivity index (χ3v) is 2.83. The van der Waals surface area contributed by atoms with Crippen LogP contribution >= 0.6 is 0 Å². The normalized spacial score (nSPS) is 31.1. The molecule has 0 bridgehead atoms. The minimum absolute atomic E-state index is 0.367. The molecule has 11 heavy (non-hydrogen) atoms. The summed E-state index contributed by atoms with van der Waals surface area (Å²) < 4.78 is 0. The monoisotopic (exact) mass is 155 g/mol. The Balaban J connectivity index is 2.09. The number of aliphatic hydroxyl groups is 1. The molecular formula is C10H19O. The van der Waals surface area contributed by atoms with Crippen molar-refractivity contribution in [3.63, 3.8) is 0 Å². The lowest BCUT2D eigenvalue weighted by Gasteiger charge is -2.07. The van der Waals surface area contributed by atoms with E-state index >= 15 is 0 Å². The molecule has 0 aromatic heterocycles. The van der Waals surface area contributed by atoms with E-state index in [2.05, 4.69) is 6.92 Å². The van der Waals surface area contributed by atoms with Crippen LogP contribution in [0, 0.1) is 18.8 Å². The van der Waals surface area contributed by atoms with Crippen LogP contribution in [0.5, 0.6) is 0 Å². The highest BCUT2D eigenvalue weighted by Crippen LogP contribution is 2.35. The van der Waals surface area contributed by atoms with Crippen LogP contribution in [0.25, 0.3) is 0 Å². The molecule has 0 saturated heterocycles. The minimum atomic E-state index is 0.367. The summed E-state index contributed by atoms with van der Waals surface area (Å²) in [7, 11) is 0. The first kappa shape index (κ1) is 9.05. The predicted molar refractivity (Wildman–Crippen MR) is 47.1 cm³/mol. The molecular weight excluding hydrogens is 136 g/mol. The molecule has 2 unspecified atom stereocenters. The second-order valence-corrected chi connectivity index (χ2v) is 3.70. The van der Waals surface area contributed by atoms with Gasteiger partial charge in [-0.3, -0.25) is 0 Å². The highest BCUT2D eigenvalue weighted by atomic mass is 16.2. The first-order valence-corrected chi connectivity index (χ1v) is 4.77. The average molecular weight is 155 g/mol. The Bertz CT molecular complexity index is 101. The summed E-state index contributed by atoms with van der Waals surface area (Å²) in [6, 6.07) is 0. The molecule has 1 rings (SSSR count). The highest BCUT2D eigenvalue weighted by Gasteiger charge is 2.22. The Morgan fingerprint density at radius 1 is 1.27 bits per heavy atom. The standard InChI is InChI=1S/C10H19O/c1-2-9-5-6-10(8-9)4-3-7-11/h9-11H,1-8H2. The Kier molecular flexibility index (Phi) is 3.92. The summed E-state index contributed by atoms with van der Waals surface area (Å²) in [5.74, 6) is 1.78. The molecule has 1 saturated carbocycles. The van der Waals surface area contributed by atoms with E-state index in [1.807, 2.05) is 0 Å². The van der Waals surface area contributed by atoms with Crippen LogP contribution in [0.4, 0.5) is 0 Å². The maximum absolute atomic E-state index is 8.64. The third-order valence-electron chi connectivity index (χ3n) is 2.83. The van der Waals surface area contributed by atoms with Crippen molar-refractivity contribution >= 4 is 0 Å². The lowest BCUT2D eigenvalue weighted by Crippen LogP contribution is -1.97. The van der Waals surface area contributed by atoms with Crippen molar-refractivity contribution in [1.82, 2.24) is 0 Å². The van der Waals surface area contributed by atoms with Crippen molar-refractivity contribution in [1.29, 1.82) is 0 Å². The smallest absolute Gasteiger partial charge is 0.0431 e. The molecule has 1 fully saturated rings. The van der Waals surface area contributed by atoms with Gasteiger partial charge in [0.25, 0.3) is 0 Å². The molecule has 1 nitrogen and oxygen atoms in total. The molecule has 1 aliphatic rings. The molecule has 2 atom stereocenters. The summed E-state index contributed by atoms with van der Waals surface area (Å²) in [6.45, 7) is 4.30. The number of rotatable bonds is 4. The van der Waals surface area contributed by atoms with Gasteiger partial charge >= 0.3 is 0 Å². The van der Waals surface area contributed by atoms with Gasteiger partial charge < -0.3 is 5.11 Å². The van der Waals surface area contributed by atoms with Crippen LogP contribution in [0.1, 0.15) is 38.5 Å². The quantitative estimate of drug-likeness (QED) is 0.661. The van der Waals surface area contributed by atoms with E-state index in [9.17, 15) is 0 Å². The molecule has 0 aromatic rings. The maximum Gasteiger partial charge on any atom is 0.0431 e. The average Bonchev–Trinajstić information content (AvgIpc) is 2.48. The molecule has 0 amide bonds. The largest absolute Gasteiger partial charge is 0.396 e. The van der Waals surface area contributed by atoms with Gasteiger partial charge in [0.05, 0.1) is 0 Å². The van der Waals surface area contributed by atoms with Crippen LogP contribution in [0.2, 0.25) is 0 Å². The minimum Gasteiger partial charge on any atom is -0.396 e. The summed E-state index contributed by atoms with van der Waals surface area (Å²) in [5, 5.41) is 8.64. The van der Waals surface area contributed by atoms with Crippen LogP contribution in [-0.4, -0.2) is 11.7 Å². The molecule has 0 spiro atoms. The van der Waals surface area contributed by atoms with Gasteiger partial charge in [-0.2, -0.15) is 0 Å². The lowest BCUT2D eigenvalue weighted by molar-refractivity contribution is 0.270. The summed E-state index contributed by atoms with van der Waals surface area (Å²) >= 11 is 0. The zero-order valence-electron chi connectivity index (χ0n) is 7.26. The van der Waals surface area contributed by atoms with Gasteiger partial charge in [0.15, 0.2) is 0 Å². The summed E-state index contributed by atoms with van der Waals surface area (Å²) in [6.07, 6.45) is 7.44. The zero-order valence-corrected chi connectivity index (χ0v) is 7.26. The van der Waals surface area contributed by atoms with Crippen molar-refractivity contribution in [3.05, 3.63) is 6.92 Å². The van der Waals surface area contributed by atoms with Crippen LogP contribution in [-0.2, 0) is 0 Å². The Morgan fingerprint density at radius 3 is 2.55 bits per heavy atom. The van der Waals surface area contributed by atoms with E-state index in [-0.39, 0.29) is 0 Å². The highest BCUT2D eigenvalue weighted by molar-refractivity contribution is 4.75. The lowest BCUT2D eigenvalue weighted by atomic mass is 9.99. The zero-order chi connectivity index (χ0) is 8.10. The van der Waals surface area contributed by atoms with Gasteiger partial charge in [-0.1, -0.05) is 26.2 Å².